The summed E-state index contributed by atoms with van der Waals surface area (Å²) < 4.78 is 28.4. The van der Waals surface area contributed by atoms with Crippen LogP contribution in [0.1, 0.15) is 0 Å². The summed E-state index contributed by atoms with van der Waals surface area (Å²) in [5.74, 6) is 0. The zero-order valence-electron chi connectivity index (χ0n) is 11.2. The number of para-hydroxylation sites is 1. The van der Waals surface area contributed by atoms with Gasteiger partial charge in [-0.1, -0.05) is 0 Å². The van der Waals surface area contributed by atoms with E-state index in [0.29, 0.717) is 0 Å². The molecule has 20 heavy (non-hydrogen) atoms. The van der Waals surface area contributed by atoms with E-state index in [4.69, 9.17) is 2.22 Å². The molecule has 0 saturated carbocycles. The number of rotatable bonds is 5. The molecule has 0 spiro atoms. The second-order valence-corrected chi connectivity index (χ2v) is 9.64. The van der Waals surface area contributed by atoms with E-state index in [-0.39, 0.29) is 0 Å². The van der Waals surface area contributed by atoms with Gasteiger partial charge in [0.05, 0.1) is 0 Å². The molecule has 0 bridgehead atoms. The van der Waals surface area contributed by atoms with Crippen molar-refractivity contribution in [3.63, 3.8) is 0 Å². The van der Waals surface area contributed by atoms with Gasteiger partial charge in [0.15, 0.2) is 0 Å². The van der Waals surface area contributed by atoms with E-state index in [1.54, 1.807) is 0 Å². The minimum absolute atomic E-state index is 1.00. The van der Waals surface area contributed by atoms with Gasteiger partial charge in [-0.3, -0.25) is 0 Å². The van der Waals surface area contributed by atoms with E-state index in [1.807, 2.05) is 55.6 Å². The predicted molar refractivity (Wildman–Crippen MR) is 82.7 cm³/mol. The van der Waals surface area contributed by atoms with E-state index < -0.39 is 34.1 Å². The van der Waals surface area contributed by atoms with Crippen LogP contribution in [-0.2, 0) is 12.3 Å². The molecular formula is C14H15NO3PoS. The Morgan fingerprint density at radius 3 is 2.25 bits per heavy atom. The molecule has 106 valence electrons. The van der Waals surface area contributed by atoms with E-state index in [2.05, 4.69) is 5.32 Å². The Morgan fingerprint density at radius 1 is 1.00 bits per heavy atom. The topological polar surface area (TPSA) is 55.4 Å². The normalized spacial score (nSPS) is 11.3. The molecule has 0 fully saturated rings. The molecule has 4 nitrogen and oxygen atoms in total. The number of benzene rings is 2. The minimum atomic E-state index is -3.38. The van der Waals surface area contributed by atoms with Crippen molar-refractivity contribution in [1.82, 2.24) is 0 Å². The summed E-state index contributed by atoms with van der Waals surface area (Å²) in [5, 5.41) is 3.15. The summed E-state index contributed by atoms with van der Waals surface area (Å²) in [6, 6.07) is 15.7. The van der Waals surface area contributed by atoms with Crippen LogP contribution in [0.5, 0.6) is 0 Å². The maximum atomic E-state index is 11.2. The van der Waals surface area contributed by atoms with E-state index >= 15 is 0 Å². The molecular weight excluding hydrogens is 471 g/mol. The Labute approximate surface area is 131 Å². The summed E-state index contributed by atoms with van der Waals surface area (Å²) in [4.78, 5) is 0. The summed E-state index contributed by atoms with van der Waals surface area (Å²) >= 11 is -1.60. The Bertz CT molecular complexity index is 701. The number of nitrogens with one attached hydrogen (secondary N) is 1. The van der Waals surface area contributed by atoms with Gasteiger partial charge in [0, 0.05) is 0 Å². The molecule has 0 amide bonds. The predicted octanol–water partition coefficient (Wildman–Crippen LogP) is 1.62. The third-order valence-electron chi connectivity index (χ3n) is 2.62. The van der Waals surface area contributed by atoms with Crippen LogP contribution in [-0.4, -0.2) is 45.7 Å². The van der Waals surface area contributed by atoms with Gasteiger partial charge in [0.25, 0.3) is 0 Å². The summed E-state index contributed by atoms with van der Waals surface area (Å²) in [6.45, 7) is 0. The molecule has 0 radical (unpaired) electrons. The van der Waals surface area contributed by atoms with E-state index in [0.717, 1.165) is 26.3 Å². The van der Waals surface area contributed by atoms with E-state index in [9.17, 15) is 8.42 Å². The number of hydrogen-bond donors (Lipinski definition) is 1. The molecule has 0 aliphatic carbocycles. The molecule has 0 saturated heterocycles. The Balaban J connectivity index is 2.42. The molecule has 0 aliphatic heterocycles. The molecule has 2 aromatic carbocycles. The molecule has 2 rings (SSSR count). The van der Waals surface area contributed by atoms with Crippen LogP contribution < -0.4 is 8.54 Å². The van der Waals surface area contributed by atoms with Gasteiger partial charge in [-0.25, -0.2) is 0 Å². The zero-order valence-corrected chi connectivity index (χ0v) is 15.2. The summed E-state index contributed by atoms with van der Waals surface area (Å²) in [5.41, 5.74) is 3.10. The summed E-state index contributed by atoms with van der Waals surface area (Å²) in [6.07, 6.45) is 1.09. The first-order valence-corrected chi connectivity index (χ1v) is 10.6. The van der Waals surface area contributed by atoms with Gasteiger partial charge in [0.2, 0.25) is 0 Å². The third-order valence-corrected chi connectivity index (χ3v) is 8.69. The van der Waals surface area contributed by atoms with Crippen LogP contribution >= 0.6 is 0 Å². The quantitative estimate of drug-likeness (QED) is 0.699. The second kappa shape index (κ2) is 6.67. The molecule has 0 aromatic heterocycles. The summed E-state index contributed by atoms with van der Waals surface area (Å²) in [7, 11) is -1.51. The Kier molecular flexibility index (Phi) is 5.14. The van der Waals surface area contributed by atoms with Crippen molar-refractivity contribution in [2.24, 2.45) is 0 Å². The van der Waals surface area contributed by atoms with Gasteiger partial charge in [0.1, 0.15) is 0 Å². The van der Waals surface area contributed by atoms with Crippen LogP contribution in [0, 0.1) is 0 Å². The van der Waals surface area contributed by atoms with Gasteiger partial charge in [-0.05, 0) is 0 Å². The van der Waals surface area contributed by atoms with Crippen molar-refractivity contribution < 1.29 is 10.6 Å². The molecule has 6 heteroatoms. The van der Waals surface area contributed by atoms with Crippen LogP contribution in [0.2, 0.25) is 0 Å². The molecule has 0 aliphatic rings. The van der Waals surface area contributed by atoms with Crippen molar-refractivity contribution in [3.8, 4) is 11.1 Å². The Morgan fingerprint density at radius 2 is 1.60 bits per heavy atom. The van der Waals surface area contributed by atoms with Crippen LogP contribution in [0.25, 0.3) is 11.1 Å². The fourth-order valence-corrected chi connectivity index (χ4v) is 5.85. The van der Waals surface area contributed by atoms with Crippen molar-refractivity contribution >= 4 is 43.0 Å². The van der Waals surface area contributed by atoms with Crippen molar-refractivity contribution in [1.29, 1.82) is 0 Å². The molecule has 2 aromatic rings. The fraction of sp³-hybridized carbons (Fsp3) is 0.143. The monoisotopic (exact) mass is 486 g/mol. The first kappa shape index (κ1) is 15.4. The first-order chi connectivity index (χ1) is 9.51. The van der Waals surface area contributed by atoms with Crippen molar-refractivity contribution in [2.45, 2.75) is 0 Å². The van der Waals surface area contributed by atoms with Gasteiger partial charge in [-0.2, -0.15) is 0 Å². The van der Waals surface area contributed by atoms with Crippen LogP contribution in [0.15, 0.2) is 48.5 Å². The Hall–Kier alpha value is -0.954. The molecule has 0 heterocycles. The average Bonchev–Trinajstić information content (AvgIpc) is 2.44. The molecule has 1 N–H and O–H groups in total. The van der Waals surface area contributed by atoms with E-state index in [1.165, 1.54) is 0 Å². The fourth-order valence-electron chi connectivity index (χ4n) is 1.80. The third kappa shape index (κ3) is 4.02. The standard InChI is InChI=1S/C13H12N.CH4O3S.Po/c1-14-13-10-6-5-9-12(13)11-7-3-2-4-8-11;1-5(2,3)4;/h2-7,9-10,14H,1H3;1H3,(H,2,3,4);/q;;+1/p-1. The van der Waals surface area contributed by atoms with Gasteiger partial charge < -0.3 is 0 Å². The SMILES string of the molecule is CNc1ccccc1-c1cccc[c]1[Po][O]S(C)(=O)=O. The van der Waals surface area contributed by atoms with Gasteiger partial charge in [-0.15, -0.1) is 0 Å². The number of anilines is 1. The van der Waals surface area contributed by atoms with Crippen LogP contribution in [0.3, 0.4) is 0 Å². The zero-order chi connectivity index (χ0) is 14.6. The maximum absolute atomic E-state index is 11.2. The molecule has 0 atom stereocenters. The molecule has 0 unspecified atom stereocenters. The first-order valence-electron chi connectivity index (χ1n) is 5.93. The average molecular weight is 486 g/mol. The second-order valence-electron chi connectivity index (χ2n) is 4.15. The van der Waals surface area contributed by atoms with Crippen molar-refractivity contribution in [3.05, 3.63) is 48.5 Å². The van der Waals surface area contributed by atoms with Crippen molar-refractivity contribution in [2.75, 3.05) is 18.6 Å². The number of hydrogen-bond acceptors (Lipinski definition) is 4. The van der Waals surface area contributed by atoms with Gasteiger partial charge >= 0.3 is 132 Å². The van der Waals surface area contributed by atoms with Crippen LogP contribution in [0.4, 0.5) is 5.69 Å².